The lowest BCUT2D eigenvalue weighted by Gasteiger charge is -2.12. The van der Waals surface area contributed by atoms with E-state index in [0.29, 0.717) is 11.3 Å². The van der Waals surface area contributed by atoms with Gasteiger partial charge in [0.25, 0.3) is 15.9 Å². The van der Waals surface area contributed by atoms with E-state index in [1.54, 1.807) is 43.3 Å². The molecular formula is C22H23N3O5S. The van der Waals surface area contributed by atoms with Crippen LogP contribution in [0.25, 0.3) is 0 Å². The minimum atomic E-state index is -3.82. The van der Waals surface area contributed by atoms with Crippen molar-refractivity contribution in [3.8, 4) is 0 Å². The van der Waals surface area contributed by atoms with Crippen molar-refractivity contribution in [2.75, 3.05) is 11.3 Å². The van der Waals surface area contributed by atoms with E-state index in [0.717, 1.165) is 5.56 Å². The van der Waals surface area contributed by atoms with Crippen molar-refractivity contribution in [2.45, 2.75) is 25.3 Å². The number of nitrogens with one attached hydrogen (secondary N) is 3. The van der Waals surface area contributed by atoms with Gasteiger partial charge in [-0.1, -0.05) is 18.2 Å². The highest BCUT2D eigenvalue weighted by Crippen LogP contribution is 2.21. The number of aryl methyl sites for hydroxylation is 2. The Labute approximate surface area is 180 Å². The molecule has 3 N–H and O–H groups in total. The lowest BCUT2D eigenvalue weighted by Crippen LogP contribution is -2.36. The lowest BCUT2D eigenvalue weighted by atomic mass is 10.2. The topological polar surface area (TPSA) is 118 Å². The molecule has 2 aromatic carbocycles. The van der Waals surface area contributed by atoms with Gasteiger partial charge in [-0.2, -0.15) is 0 Å². The molecule has 2 amide bonds. The third-order valence-electron chi connectivity index (χ3n) is 4.46. The van der Waals surface area contributed by atoms with Gasteiger partial charge in [0.05, 0.1) is 24.2 Å². The molecule has 0 bridgehead atoms. The number of amides is 2. The molecule has 0 aliphatic heterocycles. The minimum absolute atomic E-state index is 0.176. The maximum Gasteiger partial charge on any atom is 0.262 e. The van der Waals surface area contributed by atoms with E-state index in [2.05, 4.69) is 15.4 Å². The number of carbonyl (C=O) groups is 2. The zero-order valence-corrected chi connectivity index (χ0v) is 18.0. The zero-order valence-electron chi connectivity index (χ0n) is 17.1. The molecule has 0 radical (unpaired) electrons. The van der Waals surface area contributed by atoms with Crippen LogP contribution in [0.2, 0.25) is 0 Å². The third kappa shape index (κ3) is 5.95. The second kappa shape index (κ2) is 9.48. The van der Waals surface area contributed by atoms with E-state index in [1.807, 2.05) is 13.0 Å². The number of rotatable bonds is 8. The summed E-state index contributed by atoms with van der Waals surface area (Å²) in [5.41, 5.74) is 1.91. The molecule has 0 saturated carbocycles. The first kappa shape index (κ1) is 22.1. The zero-order chi connectivity index (χ0) is 22.4. The number of hydrogen-bond donors (Lipinski definition) is 3. The van der Waals surface area contributed by atoms with Crippen molar-refractivity contribution in [2.24, 2.45) is 0 Å². The Morgan fingerprint density at radius 3 is 2.52 bits per heavy atom. The fourth-order valence-electron chi connectivity index (χ4n) is 2.85. The predicted molar refractivity (Wildman–Crippen MR) is 116 cm³/mol. The number of benzene rings is 2. The Hall–Kier alpha value is -3.59. The van der Waals surface area contributed by atoms with Crippen LogP contribution in [-0.4, -0.2) is 26.8 Å². The summed E-state index contributed by atoms with van der Waals surface area (Å²) in [6, 6.07) is 14.7. The van der Waals surface area contributed by atoms with Crippen LogP contribution >= 0.6 is 0 Å². The van der Waals surface area contributed by atoms with Crippen LogP contribution in [0, 0.1) is 13.8 Å². The summed E-state index contributed by atoms with van der Waals surface area (Å²) >= 11 is 0. The van der Waals surface area contributed by atoms with Gasteiger partial charge >= 0.3 is 0 Å². The summed E-state index contributed by atoms with van der Waals surface area (Å²) in [5.74, 6) is -0.277. The Kier molecular flexibility index (Phi) is 6.76. The molecule has 3 aromatic rings. The number of sulfonamides is 1. The molecule has 0 fully saturated rings. The maximum atomic E-state index is 12.8. The first-order chi connectivity index (χ1) is 14.7. The van der Waals surface area contributed by atoms with Gasteiger partial charge in [0.15, 0.2) is 0 Å². The van der Waals surface area contributed by atoms with Crippen molar-refractivity contribution in [3.05, 3.63) is 83.3 Å². The standard InChI is InChI=1S/C22H23N3O5S/c1-15-8-9-16(2)20(11-15)31(28,29)25-18-6-3-5-17(12-18)22(27)24-14-21(26)23-13-19-7-4-10-30-19/h3-12,25H,13-14H2,1-2H3,(H,23,26)(H,24,27). The van der Waals surface area contributed by atoms with Gasteiger partial charge in [-0.25, -0.2) is 8.42 Å². The molecule has 0 atom stereocenters. The second-order valence-electron chi connectivity index (χ2n) is 6.99. The number of carbonyl (C=O) groups excluding carboxylic acids is 2. The molecule has 0 unspecified atom stereocenters. The van der Waals surface area contributed by atoms with E-state index in [-0.39, 0.29) is 35.1 Å². The maximum absolute atomic E-state index is 12.8. The molecule has 8 nitrogen and oxygen atoms in total. The van der Waals surface area contributed by atoms with E-state index in [4.69, 9.17) is 4.42 Å². The normalized spacial score (nSPS) is 11.0. The molecule has 3 rings (SSSR count). The molecule has 0 aliphatic carbocycles. The van der Waals surface area contributed by atoms with Gasteiger partial charge in [-0.3, -0.25) is 14.3 Å². The van der Waals surface area contributed by atoms with Crippen molar-refractivity contribution in [1.82, 2.24) is 10.6 Å². The Morgan fingerprint density at radius 1 is 0.968 bits per heavy atom. The highest BCUT2D eigenvalue weighted by molar-refractivity contribution is 7.92. The quantitative estimate of drug-likeness (QED) is 0.497. The van der Waals surface area contributed by atoms with Gasteiger partial charge in [0.1, 0.15) is 5.76 Å². The largest absolute Gasteiger partial charge is 0.467 e. The SMILES string of the molecule is Cc1ccc(C)c(S(=O)(=O)Nc2cccc(C(=O)NCC(=O)NCc3ccco3)c2)c1. The second-order valence-corrected chi connectivity index (χ2v) is 8.64. The van der Waals surface area contributed by atoms with E-state index >= 15 is 0 Å². The Morgan fingerprint density at radius 2 is 1.77 bits per heavy atom. The highest BCUT2D eigenvalue weighted by atomic mass is 32.2. The molecule has 162 valence electrons. The average Bonchev–Trinajstić information content (AvgIpc) is 3.25. The summed E-state index contributed by atoms with van der Waals surface area (Å²) in [6.07, 6.45) is 1.50. The molecular weight excluding hydrogens is 418 g/mol. The number of hydrogen-bond acceptors (Lipinski definition) is 5. The fraction of sp³-hybridized carbons (Fsp3) is 0.182. The monoisotopic (exact) mass is 441 g/mol. The average molecular weight is 442 g/mol. The smallest absolute Gasteiger partial charge is 0.262 e. The van der Waals surface area contributed by atoms with E-state index in [9.17, 15) is 18.0 Å². The minimum Gasteiger partial charge on any atom is -0.467 e. The van der Waals surface area contributed by atoms with Gasteiger partial charge in [-0.05, 0) is 61.4 Å². The van der Waals surface area contributed by atoms with Crippen molar-refractivity contribution in [1.29, 1.82) is 0 Å². The van der Waals surface area contributed by atoms with Crippen LogP contribution in [-0.2, 0) is 21.4 Å². The predicted octanol–water partition coefficient (Wildman–Crippen LogP) is 2.74. The Balaban J connectivity index is 1.62. The van der Waals surface area contributed by atoms with Crippen LogP contribution < -0.4 is 15.4 Å². The van der Waals surface area contributed by atoms with Crippen LogP contribution in [0.5, 0.6) is 0 Å². The van der Waals surface area contributed by atoms with Crippen LogP contribution in [0.1, 0.15) is 27.2 Å². The van der Waals surface area contributed by atoms with Gasteiger partial charge in [-0.15, -0.1) is 0 Å². The van der Waals surface area contributed by atoms with Crippen molar-refractivity contribution < 1.29 is 22.4 Å². The van der Waals surface area contributed by atoms with Crippen molar-refractivity contribution in [3.63, 3.8) is 0 Å². The van der Waals surface area contributed by atoms with Crippen molar-refractivity contribution >= 4 is 27.5 Å². The summed E-state index contributed by atoms with van der Waals surface area (Å²) in [7, 11) is -3.82. The van der Waals surface area contributed by atoms with Crippen LogP contribution in [0.15, 0.2) is 70.2 Å². The summed E-state index contributed by atoms with van der Waals surface area (Å²) in [5, 5.41) is 5.13. The first-order valence-electron chi connectivity index (χ1n) is 9.52. The lowest BCUT2D eigenvalue weighted by molar-refractivity contribution is -0.120. The van der Waals surface area contributed by atoms with E-state index in [1.165, 1.54) is 18.4 Å². The third-order valence-corrected chi connectivity index (χ3v) is 5.98. The van der Waals surface area contributed by atoms with Gasteiger partial charge in [0, 0.05) is 11.3 Å². The fourth-order valence-corrected chi connectivity index (χ4v) is 4.24. The molecule has 9 heteroatoms. The molecule has 0 saturated heterocycles. The summed E-state index contributed by atoms with van der Waals surface area (Å²) in [4.78, 5) is 24.4. The molecule has 31 heavy (non-hydrogen) atoms. The summed E-state index contributed by atoms with van der Waals surface area (Å²) in [6.45, 7) is 3.53. The molecule has 1 heterocycles. The number of furan rings is 1. The van der Waals surface area contributed by atoms with Crippen LogP contribution in [0.4, 0.5) is 5.69 Å². The molecule has 0 aliphatic rings. The highest BCUT2D eigenvalue weighted by Gasteiger charge is 2.18. The van der Waals surface area contributed by atoms with Gasteiger partial charge in [0.2, 0.25) is 5.91 Å². The summed E-state index contributed by atoms with van der Waals surface area (Å²) < 4.78 is 33.2. The first-order valence-corrected chi connectivity index (χ1v) is 11.0. The van der Waals surface area contributed by atoms with Crippen LogP contribution in [0.3, 0.4) is 0 Å². The molecule has 0 spiro atoms. The van der Waals surface area contributed by atoms with Gasteiger partial charge < -0.3 is 15.1 Å². The van der Waals surface area contributed by atoms with E-state index < -0.39 is 15.9 Å². The number of anilines is 1. The molecule has 1 aromatic heterocycles. The Bertz CT molecular complexity index is 1190.